The number of carbonyl (C=O) groups is 2. The molecule has 0 atom stereocenters. The van der Waals surface area contributed by atoms with Crippen molar-refractivity contribution >= 4 is 17.5 Å². The second-order valence-corrected chi connectivity index (χ2v) is 5.27. The van der Waals surface area contributed by atoms with Gasteiger partial charge in [0.2, 0.25) is 11.8 Å². The van der Waals surface area contributed by atoms with Crippen LogP contribution in [-0.4, -0.2) is 57.1 Å². The molecule has 0 bridgehead atoms. The van der Waals surface area contributed by atoms with Gasteiger partial charge in [-0.1, -0.05) is 6.07 Å². The molecule has 0 aliphatic heterocycles. The molecule has 0 saturated heterocycles. The number of rotatable bonds is 8. The van der Waals surface area contributed by atoms with Crippen molar-refractivity contribution in [3.05, 3.63) is 29.8 Å². The number of halogens is 3. The Balaban J connectivity index is 2.33. The molecule has 9 heteroatoms. The monoisotopic (exact) mass is 347 g/mol. The first-order chi connectivity index (χ1) is 11.2. The lowest BCUT2D eigenvalue weighted by Crippen LogP contribution is -2.34. The maximum atomic E-state index is 12.6. The van der Waals surface area contributed by atoms with Gasteiger partial charge in [-0.05, 0) is 32.3 Å². The van der Waals surface area contributed by atoms with Crippen molar-refractivity contribution in [2.45, 2.75) is 6.18 Å². The van der Waals surface area contributed by atoms with E-state index >= 15 is 0 Å². The molecule has 0 unspecified atom stereocenters. The fraction of sp³-hybridized carbons (Fsp3) is 0.467. The summed E-state index contributed by atoms with van der Waals surface area (Å²) in [7, 11) is 3.72. The predicted octanol–water partition coefficient (Wildman–Crippen LogP) is 1.34. The summed E-state index contributed by atoms with van der Waals surface area (Å²) in [5, 5.41) is 4.88. The molecule has 0 radical (unpaired) electrons. The molecule has 0 saturated carbocycles. The van der Waals surface area contributed by atoms with Gasteiger partial charge in [-0.2, -0.15) is 13.2 Å². The summed E-state index contributed by atoms with van der Waals surface area (Å²) < 4.78 is 42.6. The molecule has 1 aromatic carbocycles. The minimum Gasteiger partial charge on any atom is -0.362 e. The zero-order valence-electron chi connectivity index (χ0n) is 13.4. The highest BCUT2D eigenvalue weighted by atomic mass is 19.4. The number of benzene rings is 1. The third-order valence-electron chi connectivity index (χ3n) is 2.82. The lowest BCUT2D eigenvalue weighted by molar-refractivity contribution is -0.137. The Bertz CT molecular complexity index is 562. The van der Waals surface area contributed by atoms with E-state index in [2.05, 4.69) is 10.6 Å². The second kappa shape index (κ2) is 9.24. The van der Waals surface area contributed by atoms with E-state index in [0.717, 1.165) is 12.1 Å². The zero-order chi connectivity index (χ0) is 18.2. The Labute approximate surface area is 138 Å². The van der Waals surface area contributed by atoms with Crippen LogP contribution >= 0.6 is 0 Å². The summed E-state index contributed by atoms with van der Waals surface area (Å²) in [5.41, 5.74) is -0.852. The molecule has 24 heavy (non-hydrogen) atoms. The van der Waals surface area contributed by atoms with Crippen LogP contribution in [0, 0.1) is 0 Å². The molecule has 2 N–H and O–H groups in total. The van der Waals surface area contributed by atoms with E-state index in [-0.39, 0.29) is 18.2 Å². The van der Waals surface area contributed by atoms with E-state index in [1.807, 2.05) is 19.0 Å². The number of hydrogen-bond acceptors (Lipinski definition) is 4. The minimum atomic E-state index is -4.48. The van der Waals surface area contributed by atoms with E-state index in [0.29, 0.717) is 13.1 Å². The number of amides is 2. The Kier molecular flexibility index (Phi) is 7.66. The number of anilines is 1. The number of ether oxygens (including phenoxy) is 1. The van der Waals surface area contributed by atoms with Gasteiger partial charge in [-0.3, -0.25) is 9.59 Å². The van der Waals surface area contributed by atoms with Crippen LogP contribution in [0.4, 0.5) is 18.9 Å². The van der Waals surface area contributed by atoms with Crippen LogP contribution < -0.4 is 10.6 Å². The summed E-state index contributed by atoms with van der Waals surface area (Å²) >= 11 is 0. The molecule has 0 aromatic heterocycles. The Hall–Kier alpha value is -2.13. The zero-order valence-corrected chi connectivity index (χ0v) is 13.4. The standard InChI is InChI=1S/C15H20F3N3O3/c1-21(2)7-6-19-13(22)9-24-10-14(23)20-12-5-3-4-11(8-12)15(16,17)18/h3-5,8H,6-7,9-10H2,1-2H3,(H,19,22)(H,20,23). The fourth-order valence-corrected chi connectivity index (χ4v) is 1.68. The van der Waals surface area contributed by atoms with Gasteiger partial charge in [-0.25, -0.2) is 0 Å². The molecule has 0 spiro atoms. The van der Waals surface area contributed by atoms with E-state index in [4.69, 9.17) is 4.74 Å². The van der Waals surface area contributed by atoms with Gasteiger partial charge in [0.05, 0.1) is 5.56 Å². The van der Waals surface area contributed by atoms with Gasteiger partial charge in [0.1, 0.15) is 13.2 Å². The average molecular weight is 347 g/mol. The molecule has 0 heterocycles. The minimum absolute atomic E-state index is 0.00820. The van der Waals surface area contributed by atoms with Crippen molar-refractivity contribution in [2.24, 2.45) is 0 Å². The van der Waals surface area contributed by atoms with Crippen molar-refractivity contribution in [3.8, 4) is 0 Å². The summed E-state index contributed by atoms with van der Waals surface area (Å²) in [4.78, 5) is 24.9. The van der Waals surface area contributed by atoms with Crippen molar-refractivity contribution in [1.29, 1.82) is 0 Å². The molecule has 134 valence electrons. The lowest BCUT2D eigenvalue weighted by atomic mass is 10.2. The lowest BCUT2D eigenvalue weighted by Gasteiger charge is -2.11. The van der Waals surface area contributed by atoms with Crippen LogP contribution in [-0.2, 0) is 20.5 Å². The number of hydrogen-bond donors (Lipinski definition) is 2. The Morgan fingerprint density at radius 3 is 2.46 bits per heavy atom. The number of alkyl halides is 3. The smallest absolute Gasteiger partial charge is 0.362 e. The van der Waals surface area contributed by atoms with Crippen LogP contribution in [0.5, 0.6) is 0 Å². The molecule has 6 nitrogen and oxygen atoms in total. The normalized spacial score (nSPS) is 11.4. The number of likely N-dealkylation sites (N-methyl/N-ethyl adjacent to an activating group) is 1. The van der Waals surface area contributed by atoms with Crippen LogP contribution in [0.1, 0.15) is 5.56 Å². The third kappa shape index (κ3) is 7.93. The number of carbonyl (C=O) groups excluding carboxylic acids is 2. The summed E-state index contributed by atoms with van der Waals surface area (Å²) in [6, 6.07) is 4.26. The van der Waals surface area contributed by atoms with Crippen molar-refractivity contribution in [1.82, 2.24) is 10.2 Å². The van der Waals surface area contributed by atoms with Crippen molar-refractivity contribution in [2.75, 3.05) is 45.7 Å². The van der Waals surface area contributed by atoms with Gasteiger partial charge in [0, 0.05) is 18.8 Å². The fourth-order valence-electron chi connectivity index (χ4n) is 1.68. The van der Waals surface area contributed by atoms with Gasteiger partial charge < -0.3 is 20.3 Å². The maximum Gasteiger partial charge on any atom is 0.416 e. The molecule has 0 aliphatic carbocycles. The Morgan fingerprint density at radius 2 is 1.83 bits per heavy atom. The second-order valence-electron chi connectivity index (χ2n) is 5.27. The van der Waals surface area contributed by atoms with E-state index in [9.17, 15) is 22.8 Å². The molecule has 0 aliphatic rings. The highest BCUT2D eigenvalue weighted by Gasteiger charge is 2.30. The molecule has 2 amide bonds. The molecule has 1 rings (SSSR count). The topological polar surface area (TPSA) is 70.7 Å². The van der Waals surface area contributed by atoms with Crippen molar-refractivity contribution in [3.63, 3.8) is 0 Å². The van der Waals surface area contributed by atoms with Gasteiger partial charge in [0.25, 0.3) is 0 Å². The predicted molar refractivity (Wildman–Crippen MR) is 82.5 cm³/mol. The van der Waals surface area contributed by atoms with Crippen LogP contribution in [0.3, 0.4) is 0 Å². The van der Waals surface area contributed by atoms with Crippen LogP contribution in [0.15, 0.2) is 24.3 Å². The first-order valence-corrected chi connectivity index (χ1v) is 7.15. The van der Waals surface area contributed by atoms with Crippen LogP contribution in [0.25, 0.3) is 0 Å². The van der Waals surface area contributed by atoms with Gasteiger partial charge in [-0.15, -0.1) is 0 Å². The van der Waals surface area contributed by atoms with E-state index in [1.165, 1.54) is 12.1 Å². The Morgan fingerprint density at radius 1 is 1.17 bits per heavy atom. The first kappa shape index (κ1) is 19.9. The first-order valence-electron chi connectivity index (χ1n) is 7.15. The average Bonchev–Trinajstić information content (AvgIpc) is 2.46. The quantitative estimate of drug-likeness (QED) is 0.745. The maximum absolute atomic E-state index is 12.6. The van der Waals surface area contributed by atoms with Crippen molar-refractivity contribution < 1.29 is 27.5 Å². The highest BCUT2D eigenvalue weighted by Crippen LogP contribution is 2.30. The largest absolute Gasteiger partial charge is 0.416 e. The summed E-state index contributed by atoms with van der Waals surface area (Å²) in [5.74, 6) is -1.01. The number of nitrogens with one attached hydrogen (secondary N) is 2. The van der Waals surface area contributed by atoms with Crippen LogP contribution in [0.2, 0.25) is 0 Å². The molecule has 1 aromatic rings. The number of nitrogens with zero attached hydrogens (tertiary/aromatic N) is 1. The summed E-state index contributed by atoms with van der Waals surface area (Å²) in [6.07, 6.45) is -4.48. The SMILES string of the molecule is CN(C)CCNC(=O)COCC(=O)Nc1cccc(C(F)(F)F)c1. The highest BCUT2D eigenvalue weighted by molar-refractivity contribution is 5.92. The molecular weight excluding hydrogens is 327 g/mol. The third-order valence-corrected chi connectivity index (χ3v) is 2.82. The molecule has 0 fully saturated rings. The summed E-state index contributed by atoms with van der Waals surface area (Å²) in [6.45, 7) is 0.383. The van der Waals surface area contributed by atoms with Gasteiger partial charge >= 0.3 is 6.18 Å². The van der Waals surface area contributed by atoms with E-state index in [1.54, 1.807) is 0 Å². The van der Waals surface area contributed by atoms with E-state index < -0.39 is 24.3 Å². The van der Waals surface area contributed by atoms with Gasteiger partial charge in [0.15, 0.2) is 0 Å². The molecular formula is C15H20F3N3O3.